The minimum absolute atomic E-state index is 0.147. The minimum atomic E-state index is 0.147. The maximum atomic E-state index is 6.13. The van der Waals surface area contributed by atoms with Crippen molar-refractivity contribution in [2.75, 3.05) is 0 Å². The van der Waals surface area contributed by atoms with Gasteiger partial charge in [0.1, 0.15) is 0 Å². The second-order valence-electron chi connectivity index (χ2n) is 3.78. The lowest BCUT2D eigenvalue weighted by Crippen LogP contribution is -2.12. The summed E-state index contributed by atoms with van der Waals surface area (Å²) < 4.78 is 0. The van der Waals surface area contributed by atoms with E-state index in [1.54, 1.807) is 0 Å². The van der Waals surface area contributed by atoms with Gasteiger partial charge in [0.15, 0.2) is 0 Å². The predicted molar refractivity (Wildman–Crippen MR) is 62.3 cm³/mol. The molecule has 1 nitrogen and oxygen atoms in total. The lowest BCUT2D eigenvalue weighted by Gasteiger charge is -2.16. The van der Waals surface area contributed by atoms with E-state index in [-0.39, 0.29) is 6.04 Å². The van der Waals surface area contributed by atoms with Crippen LogP contribution in [0.3, 0.4) is 0 Å². The first-order valence-electron chi connectivity index (χ1n) is 5.09. The molecule has 0 heterocycles. The first kappa shape index (κ1) is 11.0. The number of benzene rings is 1. The van der Waals surface area contributed by atoms with Crippen molar-refractivity contribution < 1.29 is 0 Å². The summed E-state index contributed by atoms with van der Waals surface area (Å²) in [7, 11) is 0. The molecule has 0 aliphatic carbocycles. The summed E-state index contributed by atoms with van der Waals surface area (Å²) in [5, 5.41) is 0. The van der Waals surface area contributed by atoms with Crippen LogP contribution >= 0.6 is 0 Å². The lowest BCUT2D eigenvalue weighted by atomic mass is 9.94. The molecule has 0 aromatic heterocycles. The Morgan fingerprint density at radius 1 is 1.36 bits per heavy atom. The van der Waals surface area contributed by atoms with Crippen LogP contribution < -0.4 is 5.73 Å². The normalized spacial score (nSPS) is 12.5. The quantitative estimate of drug-likeness (QED) is 0.723. The third-order valence-corrected chi connectivity index (χ3v) is 2.59. The summed E-state index contributed by atoms with van der Waals surface area (Å²) >= 11 is 0. The molecule has 0 aliphatic heterocycles. The summed E-state index contributed by atoms with van der Waals surface area (Å²) in [6, 6.07) is 6.47. The molecule has 1 aromatic rings. The second kappa shape index (κ2) is 4.97. The molecule has 0 amide bonds. The molecule has 0 saturated carbocycles. The minimum Gasteiger partial charge on any atom is -0.324 e. The van der Waals surface area contributed by atoms with Gasteiger partial charge in [-0.1, -0.05) is 24.3 Å². The number of hydrogen-bond acceptors (Lipinski definition) is 1. The standard InChI is InChI=1S/C13H19N/c1-4-5-9-12(14)13-10(2)7-6-8-11(13)3/h4,6-8,12H,1,5,9,14H2,2-3H3/t12-/m1/s1. The zero-order valence-electron chi connectivity index (χ0n) is 9.09. The van der Waals surface area contributed by atoms with E-state index in [1.807, 2.05) is 6.08 Å². The average Bonchev–Trinajstić information content (AvgIpc) is 2.14. The van der Waals surface area contributed by atoms with Gasteiger partial charge >= 0.3 is 0 Å². The highest BCUT2D eigenvalue weighted by Crippen LogP contribution is 2.23. The molecule has 76 valence electrons. The molecule has 0 radical (unpaired) electrons. The molecule has 1 heteroatoms. The van der Waals surface area contributed by atoms with Crippen LogP contribution in [0.25, 0.3) is 0 Å². The Bertz CT molecular complexity index is 295. The van der Waals surface area contributed by atoms with Crippen LogP contribution in [0.5, 0.6) is 0 Å². The van der Waals surface area contributed by atoms with Gasteiger partial charge in [-0.2, -0.15) is 0 Å². The third-order valence-electron chi connectivity index (χ3n) is 2.59. The summed E-state index contributed by atoms with van der Waals surface area (Å²) in [6.07, 6.45) is 3.89. The maximum Gasteiger partial charge on any atom is 0.0303 e. The third kappa shape index (κ3) is 2.46. The Labute approximate surface area is 86.6 Å². The van der Waals surface area contributed by atoms with Crippen LogP contribution in [0.2, 0.25) is 0 Å². The molecule has 14 heavy (non-hydrogen) atoms. The number of aryl methyl sites for hydroxylation is 2. The Morgan fingerprint density at radius 3 is 2.43 bits per heavy atom. The first-order valence-corrected chi connectivity index (χ1v) is 5.09. The number of rotatable bonds is 4. The van der Waals surface area contributed by atoms with E-state index < -0.39 is 0 Å². The SMILES string of the molecule is C=CCC[C@@H](N)c1c(C)cccc1C. The van der Waals surface area contributed by atoms with Crippen LogP contribution in [0, 0.1) is 13.8 Å². The first-order chi connectivity index (χ1) is 6.66. The zero-order valence-corrected chi connectivity index (χ0v) is 9.09. The summed E-state index contributed by atoms with van der Waals surface area (Å²) in [4.78, 5) is 0. The summed E-state index contributed by atoms with van der Waals surface area (Å²) in [5.41, 5.74) is 10.0. The van der Waals surface area contributed by atoms with Crippen molar-refractivity contribution in [2.45, 2.75) is 32.7 Å². The van der Waals surface area contributed by atoms with Crippen molar-refractivity contribution in [3.63, 3.8) is 0 Å². The molecule has 1 aromatic carbocycles. The molecular weight excluding hydrogens is 170 g/mol. The molecule has 0 bridgehead atoms. The van der Waals surface area contributed by atoms with Crippen molar-refractivity contribution >= 4 is 0 Å². The van der Waals surface area contributed by atoms with Crippen LogP contribution in [-0.4, -0.2) is 0 Å². The van der Waals surface area contributed by atoms with Crippen molar-refractivity contribution in [1.82, 2.24) is 0 Å². The van der Waals surface area contributed by atoms with E-state index >= 15 is 0 Å². The number of hydrogen-bond donors (Lipinski definition) is 1. The van der Waals surface area contributed by atoms with E-state index in [1.165, 1.54) is 16.7 Å². The summed E-state index contributed by atoms with van der Waals surface area (Å²) in [5.74, 6) is 0. The summed E-state index contributed by atoms with van der Waals surface area (Å²) in [6.45, 7) is 7.96. The fourth-order valence-corrected chi connectivity index (χ4v) is 1.85. The molecular formula is C13H19N. The van der Waals surface area contributed by atoms with Gasteiger partial charge in [0.25, 0.3) is 0 Å². The Hall–Kier alpha value is -1.08. The topological polar surface area (TPSA) is 26.0 Å². The van der Waals surface area contributed by atoms with Gasteiger partial charge in [-0.25, -0.2) is 0 Å². The van der Waals surface area contributed by atoms with E-state index in [0.717, 1.165) is 12.8 Å². The fraction of sp³-hybridized carbons (Fsp3) is 0.385. The van der Waals surface area contributed by atoms with Gasteiger partial charge in [-0.3, -0.25) is 0 Å². The van der Waals surface area contributed by atoms with Crippen molar-refractivity contribution in [3.8, 4) is 0 Å². The van der Waals surface area contributed by atoms with Gasteiger partial charge in [-0.15, -0.1) is 6.58 Å². The monoisotopic (exact) mass is 189 g/mol. The number of allylic oxidation sites excluding steroid dienone is 1. The largest absolute Gasteiger partial charge is 0.324 e. The molecule has 0 unspecified atom stereocenters. The van der Waals surface area contributed by atoms with Crippen molar-refractivity contribution in [3.05, 3.63) is 47.5 Å². The molecule has 0 spiro atoms. The Kier molecular flexibility index (Phi) is 3.90. The van der Waals surface area contributed by atoms with Crippen molar-refractivity contribution in [2.24, 2.45) is 5.73 Å². The Balaban J connectivity index is 2.87. The smallest absolute Gasteiger partial charge is 0.0303 e. The molecule has 0 aliphatic rings. The van der Waals surface area contributed by atoms with E-state index in [2.05, 4.69) is 38.6 Å². The van der Waals surface area contributed by atoms with Gasteiger partial charge in [0.05, 0.1) is 0 Å². The average molecular weight is 189 g/mol. The maximum absolute atomic E-state index is 6.13. The van der Waals surface area contributed by atoms with E-state index in [4.69, 9.17) is 5.73 Å². The molecule has 0 saturated heterocycles. The van der Waals surface area contributed by atoms with Crippen LogP contribution in [0.1, 0.15) is 35.6 Å². The van der Waals surface area contributed by atoms with Crippen molar-refractivity contribution in [1.29, 1.82) is 0 Å². The molecule has 0 fully saturated rings. The lowest BCUT2D eigenvalue weighted by molar-refractivity contribution is 0.654. The van der Waals surface area contributed by atoms with E-state index in [9.17, 15) is 0 Å². The second-order valence-corrected chi connectivity index (χ2v) is 3.78. The van der Waals surface area contributed by atoms with Crippen LogP contribution in [0.4, 0.5) is 0 Å². The van der Waals surface area contributed by atoms with E-state index in [0.29, 0.717) is 0 Å². The van der Waals surface area contributed by atoms with Crippen LogP contribution in [-0.2, 0) is 0 Å². The number of nitrogens with two attached hydrogens (primary N) is 1. The van der Waals surface area contributed by atoms with Gasteiger partial charge in [-0.05, 0) is 43.4 Å². The van der Waals surface area contributed by atoms with Gasteiger partial charge in [0.2, 0.25) is 0 Å². The van der Waals surface area contributed by atoms with Gasteiger partial charge in [0, 0.05) is 6.04 Å². The highest BCUT2D eigenvalue weighted by molar-refractivity contribution is 5.35. The van der Waals surface area contributed by atoms with Gasteiger partial charge < -0.3 is 5.73 Å². The molecule has 1 rings (SSSR count). The predicted octanol–water partition coefficient (Wildman–Crippen LogP) is 3.27. The van der Waals surface area contributed by atoms with Crippen LogP contribution in [0.15, 0.2) is 30.9 Å². The molecule has 1 atom stereocenters. The highest BCUT2D eigenvalue weighted by Gasteiger charge is 2.10. The fourth-order valence-electron chi connectivity index (χ4n) is 1.85. The highest BCUT2D eigenvalue weighted by atomic mass is 14.6. The zero-order chi connectivity index (χ0) is 10.6. The molecule has 2 N–H and O–H groups in total. The Morgan fingerprint density at radius 2 is 1.93 bits per heavy atom.